The van der Waals surface area contributed by atoms with Gasteiger partial charge in [0.2, 0.25) is 0 Å². The maximum Gasteiger partial charge on any atom is 0.326 e. The van der Waals surface area contributed by atoms with Crippen molar-refractivity contribution >= 4 is 17.7 Å². The minimum absolute atomic E-state index is 0.399. The normalized spacial score (nSPS) is 12.6. The Bertz CT molecular complexity index is 503. The standard InChI is InChI=1S/C16H24N2O3/c1-6-18(12-9-7-11(2)8-10-12)15(21)17-13(14(19)20)16(3,4)5/h7-10,13H,6H2,1-5H3,(H,17,21)(H,19,20)/t13-/m0/s1. The predicted molar refractivity (Wildman–Crippen MR) is 83.6 cm³/mol. The van der Waals surface area contributed by atoms with Gasteiger partial charge in [-0.25, -0.2) is 9.59 Å². The Kier molecular flexibility index (Phi) is 5.35. The lowest BCUT2D eigenvalue weighted by molar-refractivity contribution is -0.141. The summed E-state index contributed by atoms with van der Waals surface area (Å²) < 4.78 is 0. The third kappa shape index (κ3) is 4.48. The van der Waals surface area contributed by atoms with Crippen LogP contribution in [0.3, 0.4) is 0 Å². The SMILES string of the molecule is CCN(C(=O)N[C@@H](C(=O)O)C(C)(C)C)c1ccc(C)cc1. The number of carbonyl (C=O) groups excluding carboxylic acids is 1. The number of rotatable bonds is 4. The van der Waals surface area contributed by atoms with Crippen LogP contribution in [0.4, 0.5) is 10.5 Å². The number of anilines is 1. The molecular formula is C16H24N2O3. The van der Waals surface area contributed by atoms with E-state index >= 15 is 0 Å². The van der Waals surface area contributed by atoms with Crippen molar-refractivity contribution in [3.63, 3.8) is 0 Å². The molecule has 0 saturated heterocycles. The largest absolute Gasteiger partial charge is 0.480 e. The Hall–Kier alpha value is -2.04. The van der Waals surface area contributed by atoms with Crippen LogP contribution in [0.2, 0.25) is 0 Å². The molecule has 1 atom stereocenters. The topological polar surface area (TPSA) is 69.6 Å². The lowest BCUT2D eigenvalue weighted by atomic mass is 9.87. The zero-order chi connectivity index (χ0) is 16.2. The zero-order valence-corrected chi connectivity index (χ0v) is 13.3. The molecule has 0 aliphatic heterocycles. The highest BCUT2D eigenvalue weighted by molar-refractivity contribution is 5.94. The first-order valence-corrected chi connectivity index (χ1v) is 7.04. The van der Waals surface area contributed by atoms with Crippen molar-refractivity contribution in [1.82, 2.24) is 5.32 Å². The van der Waals surface area contributed by atoms with Crippen LogP contribution in [0.5, 0.6) is 0 Å². The molecular weight excluding hydrogens is 268 g/mol. The average molecular weight is 292 g/mol. The first-order chi connectivity index (χ1) is 9.66. The molecule has 0 heterocycles. The maximum absolute atomic E-state index is 12.4. The van der Waals surface area contributed by atoms with Gasteiger partial charge in [-0.3, -0.25) is 4.90 Å². The van der Waals surface area contributed by atoms with Gasteiger partial charge in [-0.15, -0.1) is 0 Å². The summed E-state index contributed by atoms with van der Waals surface area (Å²) in [5, 5.41) is 11.9. The number of hydrogen-bond donors (Lipinski definition) is 2. The Morgan fingerprint density at radius 2 is 1.76 bits per heavy atom. The summed E-state index contributed by atoms with van der Waals surface area (Å²) in [5.41, 5.74) is 1.29. The number of amides is 2. The van der Waals surface area contributed by atoms with E-state index in [2.05, 4.69) is 5.32 Å². The van der Waals surface area contributed by atoms with E-state index in [1.54, 1.807) is 20.8 Å². The summed E-state index contributed by atoms with van der Waals surface area (Å²) in [6.07, 6.45) is 0. The third-order valence-electron chi connectivity index (χ3n) is 3.29. The molecule has 1 rings (SSSR count). The van der Waals surface area contributed by atoms with Crippen molar-refractivity contribution in [1.29, 1.82) is 0 Å². The lowest BCUT2D eigenvalue weighted by Crippen LogP contribution is -2.53. The highest BCUT2D eigenvalue weighted by Gasteiger charge is 2.33. The van der Waals surface area contributed by atoms with E-state index in [4.69, 9.17) is 0 Å². The summed E-state index contributed by atoms with van der Waals surface area (Å²) in [5.74, 6) is -1.03. The third-order valence-corrected chi connectivity index (χ3v) is 3.29. The second-order valence-corrected chi connectivity index (χ2v) is 6.17. The van der Waals surface area contributed by atoms with E-state index in [-0.39, 0.29) is 0 Å². The van der Waals surface area contributed by atoms with Crippen molar-refractivity contribution < 1.29 is 14.7 Å². The van der Waals surface area contributed by atoms with E-state index < -0.39 is 23.5 Å². The maximum atomic E-state index is 12.4. The molecule has 1 aromatic carbocycles. The van der Waals surface area contributed by atoms with Crippen molar-refractivity contribution in [3.05, 3.63) is 29.8 Å². The quantitative estimate of drug-likeness (QED) is 0.896. The molecule has 0 spiro atoms. The fourth-order valence-corrected chi connectivity index (χ4v) is 2.02. The number of nitrogens with zero attached hydrogens (tertiary/aromatic N) is 1. The van der Waals surface area contributed by atoms with Crippen LogP contribution in [0, 0.1) is 12.3 Å². The van der Waals surface area contributed by atoms with Crippen molar-refractivity contribution in [2.45, 2.75) is 40.7 Å². The summed E-state index contributed by atoms with van der Waals surface area (Å²) in [4.78, 5) is 25.2. The number of urea groups is 1. The van der Waals surface area contributed by atoms with Gasteiger partial charge < -0.3 is 10.4 Å². The summed E-state index contributed by atoms with van der Waals surface area (Å²) in [6.45, 7) is 9.65. The van der Waals surface area contributed by atoms with Crippen LogP contribution in [-0.2, 0) is 4.79 Å². The number of benzene rings is 1. The Labute approximate surface area is 126 Å². The number of carbonyl (C=O) groups is 2. The fraction of sp³-hybridized carbons (Fsp3) is 0.500. The first-order valence-electron chi connectivity index (χ1n) is 7.04. The van der Waals surface area contributed by atoms with Gasteiger partial charge in [-0.1, -0.05) is 38.5 Å². The van der Waals surface area contributed by atoms with Gasteiger partial charge in [0.1, 0.15) is 6.04 Å². The highest BCUT2D eigenvalue weighted by atomic mass is 16.4. The molecule has 0 fully saturated rings. The van der Waals surface area contributed by atoms with Crippen molar-refractivity contribution in [2.24, 2.45) is 5.41 Å². The number of hydrogen-bond acceptors (Lipinski definition) is 2. The van der Waals surface area contributed by atoms with Gasteiger partial charge in [0.15, 0.2) is 0 Å². The van der Waals surface area contributed by atoms with Gasteiger partial charge in [0.05, 0.1) is 0 Å². The van der Waals surface area contributed by atoms with Crippen molar-refractivity contribution in [2.75, 3.05) is 11.4 Å². The van der Waals surface area contributed by atoms with Gasteiger partial charge in [-0.05, 0) is 31.4 Å². The minimum Gasteiger partial charge on any atom is -0.480 e. The van der Waals surface area contributed by atoms with E-state index in [0.29, 0.717) is 6.54 Å². The second-order valence-electron chi connectivity index (χ2n) is 6.17. The van der Waals surface area contributed by atoms with Crippen LogP contribution >= 0.6 is 0 Å². The molecule has 0 bridgehead atoms. The Morgan fingerprint density at radius 3 is 2.14 bits per heavy atom. The van der Waals surface area contributed by atoms with E-state index in [9.17, 15) is 14.7 Å². The monoisotopic (exact) mass is 292 g/mol. The molecule has 5 nitrogen and oxygen atoms in total. The number of carboxylic acid groups (broad SMARTS) is 1. The molecule has 0 radical (unpaired) electrons. The van der Waals surface area contributed by atoms with Gasteiger partial charge in [0.25, 0.3) is 0 Å². The fourth-order valence-electron chi connectivity index (χ4n) is 2.02. The number of carboxylic acids is 1. The van der Waals surface area contributed by atoms with E-state index in [1.165, 1.54) is 4.90 Å². The summed E-state index contributed by atoms with van der Waals surface area (Å²) in [6, 6.07) is 6.21. The van der Waals surface area contributed by atoms with E-state index in [0.717, 1.165) is 11.3 Å². The summed E-state index contributed by atoms with van der Waals surface area (Å²) >= 11 is 0. The molecule has 0 aliphatic rings. The van der Waals surface area contributed by atoms with Crippen LogP contribution in [-0.4, -0.2) is 29.7 Å². The van der Waals surface area contributed by atoms with Gasteiger partial charge in [0, 0.05) is 12.2 Å². The lowest BCUT2D eigenvalue weighted by Gasteiger charge is -2.30. The molecule has 0 unspecified atom stereocenters. The van der Waals surface area contributed by atoms with Crippen LogP contribution in [0.1, 0.15) is 33.3 Å². The highest BCUT2D eigenvalue weighted by Crippen LogP contribution is 2.21. The van der Waals surface area contributed by atoms with Crippen LogP contribution < -0.4 is 10.2 Å². The molecule has 0 aliphatic carbocycles. The molecule has 2 N–H and O–H groups in total. The molecule has 2 amide bonds. The molecule has 116 valence electrons. The van der Waals surface area contributed by atoms with Crippen LogP contribution in [0.15, 0.2) is 24.3 Å². The van der Waals surface area contributed by atoms with Crippen LogP contribution in [0.25, 0.3) is 0 Å². The van der Waals surface area contributed by atoms with Crippen molar-refractivity contribution in [3.8, 4) is 0 Å². The first kappa shape index (κ1) is 17.0. The number of aliphatic carboxylic acids is 1. The molecule has 1 aromatic rings. The molecule has 0 aromatic heterocycles. The van der Waals surface area contributed by atoms with Gasteiger partial charge >= 0.3 is 12.0 Å². The predicted octanol–water partition coefficient (Wildman–Crippen LogP) is 3.03. The van der Waals surface area contributed by atoms with Gasteiger partial charge in [-0.2, -0.15) is 0 Å². The second kappa shape index (κ2) is 6.61. The number of nitrogens with one attached hydrogen (secondary N) is 1. The smallest absolute Gasteiger partial charge is 0.326 e. The minimum atomic E-state index is -1.03. The molecule has 5 heteroatoms. The zero-order valence-electron chi connectivity index (χ0n) is 13.3. The number of aryl methyl sites for hydroxylation is 1. The summed E-state index contributed by atoms with van der Waals surface area (Å²) in [7, 11) is 0. The Morgan fingerprint density at radius 1 is 1.24 bits per heavy atom. The molecule has 0 saturated carbocycles. The van der Waals surface area contributed by atoms with E-state index in [1.807, 2.05) is 38.1 Å². The average Bonchev–Trinajstić information content (AvgIpc) is 2.37. The Balaban J connectivity index is 2.93. The molecule has 21 heavy (non-hydrogen) atoms.